The molecule has 0 radical (unpaired) electrons. The Labute approximate surface area is 119 Å². The van der Waals surface area contributed by atoms with Gasteiger partial charge < -0.3 is 11.1 Å². The van der Waals surface area contributed by atoms with Crippen molar-refractivity contribution in [2.75, 3.05) is 11.1 Å². The number of carbonyl (C=O) groups excluding carboxylic acids is 1. The molecule has 21 heavy (non-hydrogen) atoms. The van der Waals surface area contributed by atoms with Crippen LogP contribution in [0, 0.1) is 21.4 Å². The van der Waals surface area contributed by atoms with Crippen molar-refractivity contribution in [1.82, 2.24) is 4.98 Å². The van der Waals surface area contributed by atoms with E-state index in [4.69, 9.17) is 11.0 Å². The number of carbonyl (C=O) groups is 1. The van der Waals surface area contributed by atoms with Gasteiger partial charge in [0, 0.05) is 5.69 Å². The molecule has 1 aromatic carbocycles. The van der Waals surface area contributed by atoms with Crippen molar-refractivity contribution in [2.24, 2.45) is 0 Å². The number of nitro groups is 1. The molecule has 0 saturated heterocycles. The lowest BCUT2D eigenvalue weighted by atomic mass is 10.2. The number of benzene rings is 1. The number of amides is 1. The van der Waals surface area contributed by atoms with Crippen molar-refractivity contribution in [2.45, 2.75) is 0 Å². The Balaban J connectivity index is 2.34. The van der Waals surface area contributed by atoms with E-state index in [0.29, 0.717) is 11.3 Å². The fraction of sp³-hybridized carbons (Fsp3) is 0. The molecule has 104 valence electrons. The maximum absolute atomic E-state index is 12.1. The summed E-state index contributed by atoms with van der Waals surface area (Å²) in [4.78, 5) is 25.9. The van der Waals surface area contributed by atoms with Crippen LogP contribution < -0.4 is 11.1 Å². The molecule has 3 N–H and O–H groups in total. The summed E-state index contributed by atoms with van der Waals surface area (Å²) in [5.41, 5.74) is 5.51. The van der Waals surface area contributed by atoms with Gasteiger partial charge in [-0.2, -0.15) is 5.26 Å². The number of nitrogens with two attached hydrogens (primary N) is 1. The van der Waals surface area contributed by atoms with Crippen LogP contribution in [0.3, 0.4) is 0 Å². The van der Waals surface area contributed by atoms with E-state index in [1.165, 1.54) is 6.07 Å². The fourth-order valence-corrected chi connectivity index (χ4v) is 1.66. The Hall–Kier alpha value is -3.47. The second kappa shape index (κ2) is 5.66. The molecule has 8 nitrogen and oxygen atoms in total. The summed E-state index contributed by atoms with van der Waals surface area (Å²) in [7, 11) is 0. The van der Waals surface area contributed by atoms with Gasteiger partial charge in [0.2, 0.25) is 0 Å². The van der Waals surface area contributed by atoms with Gasteiger partial charge in [-0.1, -0.05) is 6.07 Å². The quantitative estimate of drug-likeness (QED) is 0.650. The number of hydrogen-bond donors (Lipinski definition) is 2. The third-order valence-corrected chi connectivity index (χ3v) is 2.59. The summed E-state index contributed by atoms with van der Waals surface area (Å²) in [6.07, 6.45) is 0.927. The van der Waals surface area contributed by atoms with Gasteiger partial charge in [0.25, 0.3) is 11.6 Å². The van der Waals surface area contributed by atoms with Crippen LogP contribution in [0.4, 0.5) is 17.2 Å². The van der Waals surface area contributed by atoms with Gasteiger partial charge >= 0.3 is 0 Å². The number of nitrogen functional groups attached to an aromatic ring is 1. The summed E-state index contributed by atoms with van der Waals surface area (Å²) >= 11 is 0. The molecule has 1 heterocycles. The summed E-state index contributed by atoms with van der Waals surface area (Å²) in [6.45, 7) is 0. The lowest BCUT2D eigenvalue weighted by Crippen LogP contribution is -2.15. The van der Waals surface area contributed by atoms with Crippen LogP contribution in [-0.2, 0) is 0 Å². The fourth-order valence-electron chi connectivity index (χ4n) is 1.66. The molecule has 2 aromatic rings. The van der Waals surface area contributed by atoms with Gasteiger partial charge in [0.1, 0.15) is 17.6 Å². The monoisotopic (exact) mass is 283 g/mol. The van der Waals surface area contributed by atoms with Crippen LogP contribution in [0.25, 0.3) is 0 Å². The Bertz CT molecular complexity index is 767. The first-order chi connectivity index (χ1) is 10.0. The van der Waals surface area contributed by atoms with E-state index in [2.05, 4.69) is 10.3 Å². The van der Waals surface area contributed by atoms with Gasteiger partial charge in [-0.05, 0) is 24.3 Å². The van der Waals surface area contributed by atoms with Gasteiger partial charge in [-0.25, -0.2) is 4.98 Å². The lowest BCUT2D eigenvalue weighted by molar-refractivity contribution is -0.385. The van der Waals surface area contributed by atoms with Crippen molar-refractivity contribution < 1.29 is 9.72 Å². The standard InChI is InChI=1S/C13H9N5O3/c14-6-8-2-1-3-9(4-8)17-13(19)10-5-12(15)16-7-11(10)18(20)21/h1-5,7H,(H2,15,16)(H,17,19). The van der Waals surface area contributed by atoms with E-state index in [9.17, 15) is 14.9 Å². The molecule has 0 bridgehead atoms. The van der Waals surface area contributed by atoms with Crippen LogP contribution >= 0.6 is 0 Å². The zero-order valence-electron chi connectivity index (χ0n) is 10.6. The van der Waals surface area contributed by atoms with E-state index in [-0.39, 0.29) is 11.4 Å². The molecule has 0 fully saturated rings. The van der Waals surface area contributed by atoms with E-state index >= 15 is 0 Å². The molecule has 0 unspecified atom stereocenters. The van der Waals surface area contributed by atoms with Gasteiger partial charge in [0.05, 0.1) is 16.6 Å². The minimum absolute atomic E-state index is 0.00322. The number of nitrogens with one attached hydrogen (secondary N) is 1. The number of nitrogens with zero attached hydrogens (tertiary/aromatic N) is 3. The van der Waals surface area contributed by atoms with E-state index in [1.54, 1.807) is 18.2 Å². The predicted octanol–water partition coefficient (Wildman–Crippen LogP) is 1.70. The minimum atomic E-state index is -0.715. The van der Waals surface area contributed by atoms with Crippen LogP contribution in [-0.4, -0.2) is 15.8 Å². The normalized spacial score (nSPS) is 9.67. The first kappa shape index (κ1) is 14.0. The highest BCUT2D eigenvalue weighted by atomic mass is 16.6. The molecule has 0 spiro atoms. The molecule has 0 aliphatic rings. The molecule has 0 aliphatic carbocycles. The number of hydrogen-bond acceptors (Lipinski definition) is 6. The second-order valence-electron chi connectivity index (χ2n) is 4.03. The number of nitriles is 1. The van der Waals surface area contributed by atoms with Crippen molar-refractivity contribution >= 4 is 23.1 Å². The SMILES string of the molecule is N#Cc1cccc(NC(=O)c2cc(N)ncc2[N+](=O)[O-])c1. The number of aromatic nitrogens is 1. The number of pyridine rings is 1. The first-order valence-electron chi connectivity index (χ1n) is 5.72. The summed E-state index contributed by atoms with van der Waals surface area (Å²) in [6, 6.07) is 9.23. The summed E-state index contributed by atoms with van der Waals surface area (Å²) in [5.74, 6) is -0.706. The van der Waals surface area contributed by atoms with Gasteiger partial charge in [-0.3, -0.25) is 14.9 Å². The first-order valence-corrected chi connectivity index (χ1v) is 5.72. The predicted molar refractivity (Wildman–Crippen MR) is 74.4 cm³/mol. The molecular weight excluding hydrogens is 274 g/mol. The van der Waals surface area contributed by atoms with Crippen LogP contribution in [0.1, 0.15) is 15.9 Å². The molecule has 2 rings (SSSR count). The zero-order valence-corrected chi connectivity index (χ0v) is 10.6. The van der Waals surface area contributed by atoms with Gasteiger partial charge in [0.15, 0.2) is 0 Å². The van der Waals surface area contributed by atoms with E-state index in [1.807, 2.05) is 6.07 Å². The lowest BCUT2D eigenvalue weighted by Gasteiger charge is -2.06. The second-order valence-corrected chi connectivity index (χ2v) is 4.03. The zero-order chi connectivity index (χ0) is 15.4. The molecular formula is C13H9N5O3. The largest absolute Gasteiger partial charge is 0.384 e. The molecule has 0 atom stereocenters. The highest BCUT2D eigenvalue weighted by molar-refractivity contribution is 6.07. The molecule has 0 saturated carbocycles. The molecule has 1 aromatic heterocycles. The Morgan fingerprint density at radius 3 is 2.86 bits per heavy atom. The van der Waals surface area contributed by atoms with Gasteiger partial charge in [-0.15, -0.1) is 0 Å². The highest BCUT2D eigenvalue weighted by Crippen LogP contribution is 2.21. The Morgan fingerprint density at radius 2 is 2.19 bits per heavy atom. The van der Waals surface area contributed by atoms with Crippen molar-refractivity contribution in [3.63, 3.8) is 0 Å². The summed E-state index contributed by atoms with van der Waals surface area (Å²) in [5, 5.41) is 22.2. The Morgan fingerprint density at radius 1 is 1.43 bits per heavy atom. The maximum atomic E-state index is 12.1. The minimum Gasteiger partial charge on any atom is -0.384 e. The van der Waals surface area contributed by atoms with E-state index in [0.717, 1.165) is 12.3 Å². The van der Waals surface area contributed by atoms with Crippen LogP contribution in [0.15, 0.2) is 36.5 Å². The molecule has 1 amide bonds. The Kier molecular flexibility index (Phi) is 3.76. The topological polar surface area (TPSA) is 135 Å². The van der Waals surface area contributed by atoms with Crippen LogP contribution in [0.2, 0.25) is 0 Å². The molecule has 8 heteroatoms. The van der Waals surface area contributed by atoms with Crippen molar-refractivity contribution in [3.05, 3.63) is 57.8 Å². The average Bonchev–Trinajstić information content (AvgIpc) is 2.47. The van der Waals surface area contributed by atoms with Crippen molar-refractivity contribution in [3.8, 4) is 6.07 Å². The average molecular weight is 283 g/mol. The third kappa shape index (κ3) is 3.10. The van der Waals surface area contributed by atoms with Crippen LogP contribution in [0.5, 0.6) is 0 Å². The maximum Gasteiger partial charge on any atom is 0.300 e. The highest BCUT2D eigenvalue weighted by Gasteiger charge is 2.21. The number of anilines is 2. The number of rotatable bonds is 3. The smallest absolute Gasteiger partial charge is 0.300 e. The van der Waals surface area contributed by atoms with E-state index < -0.39 is 16.5 Å². The third-order valence-electron chi connectivity index (χ3n) is 2.59. The van der Waals surface area contributed by atoms with Crippen molar-refractivity contribution in [1.29, 1.82) is 5.26 Å². The summed E-state index contributed by atoms with van der Waals surface area (Å²) < 4.78 is 0. The molecule has 0 aliphatic heterocycles.